The van der Waals surface area contributed by atoms with Crippen LogP contribution in [0.4, 0.5) is 4.79 Å². The Labute approximate surface area is 128 Å². The maximum absolute atomic E-state index is 11.7. The summed E-state index contributed by atoms with van der Waals surface area (Å²) in [6.45, 7) is 7.32. The van der Waals surface area contributed by atoms with Crippen molar-refractivity contribution in [3.63, 3.8) is 0 Å². The van der Waals surface area contributed by atoms with Crippen molar-refractivity contribution in [2.75, 3.05) is 5.75 Å². The lowest BCUT2D eigenvalue weighted by Crippen LogP contribution is -2.45. The normalized spacial score (nSPS) is 23.6. The Balaban J connectivity index is 2.34. The van der Waals surface area contributed by atoms with E-state index in [4.69, 9.17) is 4.74 Å². The Morgan fingerprint density at radius 2 is 1.67 bits per heavy atom. The molecule has 1 amide bonds. The lowest BCUT2D eigenvalue weighted by atomic mass is 9.92. The fraction of sp³-hybridized carbons (Fsp3) is 0.929. The first-order valence-corrected chi connectivity index (χ1v) is 9.26. The van der Waals surface area contributed by atoms with Gasteiger partial charge in [-0.1, -0.05) is 6.92 Å². The van der Waals surface area contributed by atoms with Crippen molar-refractivity contribution in [1.29, 1.82) is 0 Å². The molecule has 0 spiro atoms. The van der Waals surface area contributed by atoms with E-state index in [1.165, 1.54) is 0 Å². The van der Waals surface area contributed by atoms with Gasteiger partial charge in [-0.3, -0.25) is 0 Å². The molecule has 1 aliphatic carbocycles. The molecule has 1 fully saturated rings. The third-order valence-electron chi connectivity index (χ3n) is 3.27. The molecule has 1 aliphatic rings. The summed E-state index contributed by atoms with van der Waals surface area (Å²) in [4.78, 5) is 11.7. The maximum atomic E-state index is 11.7. The SMILES string of the molecule is CCCS(=O)(=O)NC1CCC(NC(=O)OC(C)(C)C)CC1. The molecule has 0 aromatic carbocycles. The average molecular weight is 320 g/mol. The minimum absolute atomic E-state index is 0.0155. The second-order valence-corrected chi connectivity index (χ2v) is 8.50. The second-order valence-electron chi connectivity index (χ2n) is 6.63. The Morgan fingerprint density at radius 1 is 1.14 bits per heavy atom. The van der Waals surface area contributed by atoms with Gasteiger partial charge in [0.15, 0.2) is 0 Å². The van der Waals surface area contributed by atoms with Gasteiger partial charge < -0.3 is 10.1 Å². The zero-order valence-corrected chi connectivity index (χ0v) is 14.3. The molecule has 6 nitrogen and oxygen atoms in total. The van der Waals surface area contributed by atoms with Crippen molar-refractivity contribution in [2.45, 2.75) is 77.5 Å². The van der Waals surface area contributed by atoms with Crippen LogP contribution >= 0.6 is 0 Å². The van der Waals surface area contributed by atoms with E-state index in [9.17, 15) is 13.2 Å². The summed E-state index contributed by atoms with van der Waals surface area (Å²) in [5.74, 6) is 0.170. The predicted molar refractivity (Wildman–Crippen MR) is 82.6 cm³/mol. The summed E-state index contributed by atoms with van der Waals surface area (Å²) in [5.41, 5.74) is -0.503. The van der Waals surface area contributed by atoms with Crippen molar-refractivity contribution in [3.05, 3.63) is 0 Å². The lowest BCUT2D eigenvalue weighted by Gasteiger charge is -2.30. The number of hydrogen-bond acceptors (Lipinski definition) is 4. The van der Waals surface area contributed by atoms with Gasteiger partial charge in [0.2, 0.25) is 10.0 Å². The molecule has 7 heteroatoms. The van der Waals surface area contributed by atoms with Gasteiger partial charge >= 0.3 is 6.09 Å². The molecule has 0 atom stereocenters. The minimum atomic E-state index is -3.16. The van der Waals surface area contributed by atoms with Crippen molar-refractivity contribution >= 4 is 16.1 Å². The second kappa shape index (κ2) is 7.45. The first kappa shape index (κ1) is 18.2. The van der Waals surface area contributed by atoms with E-state index in [-0.39, 0.29) is 17.8 Å². The van der Waals surface area contributed by atoms with Crippen LogP contribution < -0.4 is 10.0 Å². The highest BCUT2D eigenvalue weighted by molar-refractivity contribution is 7.89. The highest BCUT2D eigenvalue weighted by Crippen LogP contribution is 2.20. The molecule has 2 N–H and O–H groups in total. The summed E-state index contributed by atoms with van der Waals surface area (Å²) < 4.78 is 31.4. The zero-order valence-electron chi connectivity index (χ0n) is 13.4. The van der Waals surface area contributed by atoms with E-state index >= 15 is 0 Å². The largest absolute Gasteiger partial charge is 0.444 e. The molecule has 1 saturated carbocycles. The quantitative estimate of drug-likeness (QED) is 0.813. The first-order chi connectivity index (χ1) is 9.61. The third kappa shape index (κ3) is 7.66. The highest BCUT2D eigenvalue weighted by atomic mass is 32.2. The summed E-state index contributed by atoms with van der Waals surface area (Å²) >= 11 is 0. The molecular weight excluding hydrogens is 292 g/mol. The van der Waals surface area contributed by atoms with Crippen LogP contribution in [0.1, 0.15) is 59.8 Å². The molecule has 0 radical (unpaired) electrons. The van der Waals surface area contributed by atoms with E-state index in [1.54, 1.807) is 0 Å². The van der Waals surface area contributed by atoms with Crippen LogP contribution in [0.5, 0.6) is 0 Å². The predicted octanol–water partition coefficient (Wildman–Crippen LogP) is 2.15. The smallest absolute Gasteiger partial charge is 0.407 e. The highest BCUT2D eigenvalue weighted by Gasteiger charge is 2.26. The van der Waals surface area contributed by atoms with Gasteiger partial charge in [0, 0.05) is 12.1 Å². The topological polar surface area (TPSA) is 84.5 Å². The van der Waals surface area contributed by atoms with Gasteiger partial charge in [-0.05, 0) is 52.9 Å². The summed E-state index contributed by atoms with van der Waals surface area (Å²) in [6, 6.07) is 0.0463. The van der Waals surface area contributed by atoms with E-state index in [2.05, 4.69) is 10.0 Å². The van der Waals surface area contributed by atoms with Crippen molar-refractivity contribution in [2.24, 2.45) is 0 Å². The molecule has 0 aromatic rings. The molecule has 0 aromatic heterocycles. The van der Waals surface area contributed by atoms with Crippen LogP contribution in [0.15, 0.2) is 0 Å². The van der Waals surface area contributed by atoms with Crippen molar-refractivity contribution in [1.82, 2.24) is 10.0 Å². The molecule has 21 heavy (non-hydrogen) atoms. The number of carbonyl (C=O) groups excluding carboxylic acids is 1. The van der Waals surface area contributed by atoms with Gasteiger partial charge in [0.05, 0.1) is 5.75 Å². The fourth-order valence-electron chi connectivity index (χ4n) is 2.41. The number of alkyl carbamates (subject to hydrolysis) is 1. The Bertz CT molecular complexity index is 434. The fourth-order valence-corrected chi connectivity index (χ4v) is 3.81. The van der Waals surface area contributed by atoms with Crippen LogP contribution in [0.25, 0.3) is 0 Å². The molecule has 0 unspecified atom stereocenters. The average Bonchev–Trinajstić information content (AvgIpc) is 2.28. The van der Waals surface area contributed by atoms with E-state index in [1.807, 2.05) is 27.7 Å². The van der Waals surface area contributed by atoms with Crippen molar-refractivity contribution < 1.29 is 17.9 Å². The van der Waals surface area contributed by atoms with Gasteiger partial charge in [0.25, 0.3) is 0 Å². The van der Waals surface area contributed by atoms with Gasteiger partial charge in [-0.25, -0.2) is 17.9 Å². The number of sulfonamides is 1. The van der Waals surface area contributed by atoms with E-state index < -0.39 is 21.7 Å². The summed E-state index contributed by atoms with van der Waals surface area (Å²) in [5, 5.41) is 2.85. The number of nitrogens with one attached hydrogen (secondary N) is 2. The standard InChI is InChI=1S/C14H28N2O4S/c1-5-10-21(18,19)16-12-8-6-11(7-9-12)15-13(17)20-14(2,3)4/h11-12,16H,5-10H2,1-4H3,(H,15,17). The third-order valence-corrected chi connectivity index (χ3v) is 4.91. The minimum Gasteiger partial charge on any atom is -0.444 e. The van der Waals surface area contributed by atoms with E-state index in [0.29, 0.717) is 6.42 Å². The Kier molecular flexibility index (Phi) is 6.46. The Morgan fingerprint density at radius 3 is 2.14 bits per heavy atom. The first-order valence-electron chi connectivity index (χ1n) is 7.61. The number of ether oxygens (including phenoxy) is 1. The van der Waals surface area contributed by atoms with Crippen LogP contribution in [0, 0.1) is 0 Å². The Hall–Kier alpha value is -0.820. The summed E-state index contributed by atoms with van der Waals surface area (Å²) in [7, 11) is -3.16. The number of rotatable bonds is 5. The molecule has 124 valence electrons. The van der Waals surface area contributed by atoms with Crippen LogP contribution in [0.3, 0.4) is 0 Å². The zero-order chi connectivity index (χ0) is 16.1. The molecule has 0 heterocycles. The number of hydrogen-bond donors (Lipinski definition) is 2. The molecular formula is C14H28N2O4S. The molecule has 0 bridgehead atoms. The van der Waals surface area contributed by atoms with E-state index in [0.717, 1.165) is 25.7 Å². The van der Waals surface area contributed by atoms with Gasteiger partial charge in [-0.15, -0.1) is 0 Å². The van der Waals surface area contributed by atoms with Crippen LogP contribution in [0.2, 0.25) is 0 Å². The molecule has 0 saturated heterocycles. The van der Waals surface area contributed by atoms with Crippen LogP contribution in [-0.2, 0) is 14.8 Å². The number of amides is 1. The van der Waals surface area contributed by atoms with Gasteiger partial charge in [0.1, 0.15) is 5.60 Å². The van der Waals surface area contributed by atoms with Crippen molar-refractivity contribution in [3.8, 4) is 0 Å². The maximum Gasteiger partial charge on any atom is 0.407 e. The van der Waals surface area contributed by atoms with Gasteiger partial charge in [-0.2, -0.15) is 0 Å². The molecule has 0 aliphatic heterocycles. The monoisotopic (exact) mass is 320 g/mol. The van der Waals surface area contributed by atoms with Crippen LogP contribution in [-0.4, -0.2) is 37.9 Å². The lowest BCUT2D eigenvalue weighted by molar-refractivity contribution is 0.0490. The summed E-state index contributed by atoms with van der Waals surface area (Å²) in [6.07, 6.45) is 3.21. The number of carbonyl (C=O) groups is 1. The molecule has 1 rings (SSSR count).